The summed E-state index contributed by atoms with van der Waals surface area (Å²) in [6.07, 6.45) is 6.52. The molecule has 0 aliphatic heterocycles. The molecule has 1 atom stereocenters. The van der Waals surface area contributed by atoms with Crippen LogP contribution >= 0.6 is 11.6 Å². The van der Waals surface area contributed by atoms with Gasteiger partial charge in [-0.1, -0.05) is 37.3 Å². The van der Waals surface area contributed by atoms with Gasteiger partial charge in [0, 0.05) is 5.56 Å². The number of aliphatic hydroxyl groups is 1. The van der Waals surface area contributed by atoms with Crippen molar-refractivity contribution >= 4 is 11.6 Å². The lowest BCUT2D eigenvalue weighted by molar-refractivity contribution is 0.0960. The van der Waals surface area contributed by atoms with E-state index < -0.39 is 6.10 Å². The van der Waals surface area contributed by atoms with Crippen LogP contribution in [-0.2, 0) is 0 Å². The number of hydrogen-bond donors (Lipinski definition) is 1. The summed E-state index contributed by atoms with van der Waals surface area (Å²) in [6, 6.07) is 3.65. The molecule has 1 saturated carbocycles. The minimum atomic E-state index is -0.522. The Hall–Kier alpha value is -0.930. The van der Waals surface area contributed by atoms with E-state index in [1.165, 1.54) is 25.7 Å². The highest BCUT2D eigenvalue weighted by molar-refractivity contribution is 6.33. The maximum atomic E-state index is 10.7. The standard InChI is InChI=1S/C16H23ClO3/c1-19-13-10-9-12(16(20-2)14(13)17)15(18)11-7-5-3-4-6-8-11/h9-11,15,18H,3-8H2,1-2H3. The van der Waals surface area contributed by atoms with Gasteiger partial charge in [0.15, 0.2) is 0 Å². The second-order valence-corrected chi connectivity index (χ2v) is 5.78. The molecule has 1 aromatic rings. The lowest BCUT2D eigenvalue weighted by Crippen LogP contribution is -2.13. The Labute approximate surface area is 125 Å². The Morgan fingerprint density at radius 2 is 1.75 bits per heavy atom. The molecule has 20 heavy (non-hydrogen) atoms. The van der Waals surface area contributed by atoms with E-state index in [4.69, 9.17) is 21.1 Å². The summed E-state index contributed by atoms with van der Waals surface area (Å²) in [4.78, 5) is 0. The Bertz CT molecular complexity index is 440. The molecule has 0 bridgehead atoms. The van der Waals surface area contributed by atoms with Crippen LogP contribution in [0.25, 0.3) is 0 Å². The largest absolute Gasteiger partial charge is 0.495 e. The molecule has 0 radical (unpaired) electrons. The van der Waals surface area contributed by atoms with E-state index in [9.17, 15) is 5.11 Å². The third-order valence-corrected chi connectivity index (χ3v) is 4.54. The van der Waals surface area contributed by atoms with Gasteiger partial charge in [-0.2, -0.15) is 0 Å². The van der Waals surface area contributed by atoms with Crippen LogP contribution in [0, 0.1) is 5.92 Å². The maximum Gasteiger partial charge on any atom is 0.147 e. The zero-order valence-electron chi connectivity index (χ0n) is 12.2. The zero-order valence-corrected chi connectivity index (χ0v) is 12.9. The van der Waals surface area contributed by atoms with Crippen LogP contribution in [0.15, 0.2) is 12.1 Å². The van der Waals surface area contributed by atoms with Gasteiger partial charge in [0.05, 0.1) is 20.3 Å². The van der Waals surface area contributed by atoms with E-state index in [1.807, 2.05) is 6.07 Å². The zero-order chi connectivity index (χ0) is 14.5. The highest BCUT2D eigenvalue weighted by Gasteiger charge is 2.26. The second kappa shape index (κ2) is 7.19. The van der Waals surface area contributed by atoms with Crippen LogP contribution < -0.4 is 9.47 Å². The summed E-state index contributed by atoms with van der Waals surface area (Å²) in [5, 5.41) is 11.1. The minimum absolute atomic E-state index is 0.288. The Morgan fingerprint density at radius 1 is 1.10 bits per heavy atom. The van der Waals surface area contributed by atoms with Gasteiger partial charge in [-0.25, -0.2) is 0 Å². The van der Waals surface area contributed by atoms with Crippen LogP contribution in [-0.4, -0.2) is 19.3 Å². The molecule has 2 rings (SSSR count). The van der Waals surface area contributed by atoms with Crippen molar-refractivity contribution in [3.05, 3.63) is 22.7 Å². The first-order valence-corrected chi connectivity index (χ1v) is 7.65. The molecular weight excluding hydrogens is 276 g/mol. The fourth-order valence-electron chi connectivity index (χ4n) is 3.03. The normalized spacial score (nSPS) is 18.4. The molecule has 1 fully saturated rings. The van der Waals surface area contributed by atoms with E-state index >= 15 is 0 Å². The van der Waals surface area contributed by atoms with Crippen molar-refractivity contribution in [2.75, 3.05) is 14.2 Å². The average Bonchev–Trinajstić information content (AvgIpc) is 2.75. The quantitative estimate of drug-likeness (QED) is 0.839. The Morgan fingerprint density at radius 3 is 2.30 bits per heavy atom. The van der Waals surface area contributed by atoms with Crippen molar-refractivity contribution in [2.45, 2.75) is 44.6 Å². The van der Waals surface area contributed by atoms with E-state index in [0.29, 0.717) is 16.5 Å². The molecule has 0 heterocycles. The molecule has 0 amide bonds. The van der Waals surface area contributed by atoms with Crippen molar-refractivity contribution < 1.29 is 14.6 Å². The molecule has 112 valence electrons. The van der Waals surface area contributed by atoms with Gasteiger partial charge >= 0.3 is 0 Å². The van der Waals surface area contributed by atoms with Crippen LogP contribution in [0.3, 0.4) is 0 Å². The summed E-state index contributed by atoms with van der Waals surface area (Å²) >= 11 is 6.27. The molecule has 1 aromatic carbocycles. The number of halogens is 1. The third kappa shape index (κ3) is 3.21. The highest BCUT2D eigenvalue weighted by atomic mass is 35.5. The van der Waals surface area contributed by atoms with Crippen LogP contribution in [0.4, 0.5) is 0 Å². The Balaban J connectivity index is 2.28. The first-order valence-electron chi connectivity index (χ1n) is 7.27. The SMILES string of the molecule is COc1ccc(C(O)C2CCCCCC2)c(OC)c1Cl. The number of methoxy groups -OCH3 is 2. The molecule has 0 spiro atoms. The van der Waals surface area contributed by atoms with Gasteiger partial charge in [0.2, 0.25) is 0 Å². The van der Waals surface area contributed by atoms with Crippen molar-refractivity contribution in [3.63, 3.8) is 0 Å². The summed E-state index contributed by atoms with van der Waals surface area (Å²) in [5.74, 6) is 1.39. The van der Waals surface area contributed by atoms with Crippen molar-refractivity contribution in [1.29, 1.82) is 0 Å². The lowest BCUT2D eigenvalue weighted by atomic mass is 9.89. The van der Waals surface area contributed by atoms with E-state index in [2.05, 4.69) is 0 Å². The first kappa shape index (κ1) is 15.5. The molecule has 4 heteroatoms. The fourth-order valence-corrected chi connectivity index (χ4v) is 3.36. The topological polar surface area (TPSA) is 38.7 Å². The first-order chi connectivity index (χ1) is 9.69. The van der Waals surface area contributed by atoms with Gasteiger partial charge < -0.3 is 14.6 Å². The van der Waals surface area contributed by atoms with Crippen molar-refractivity contribution in [1.82, 2.24) is 0 Å². The average molecular weight is 299 g/mol. The van der Waals surface area contributed by atoms with Crippen LogP contribution in [0.1, 0.15) is 50.2 Å². The number of hydrogen-bond acceptors (Lipinski definition) is 3. The van der Waals surface area contributed by atoms with Gasteiger partial charge in [-0.15, -0.1) is 0 Å². The summed E-state index contributed by atoms with van der Waals surface area (Å²) < 4.78 is 10.6. The fraction of sp³-hybridized carbons (Fsp3) is 0.625. The van der Waals surface area contributed by atoms with Gasteiger partial charge in [-0.05, 0) is 30.9 Å². The highest BCUT2D eigenvalue weighted by Crippen LogP contribution is 2.43. The molecule has 1 N–H and O–H groups in total. The monoisotopic (exact) mass is 298 g/mol. The van der Waals surface area contributed by atoms with E-state index in [1.54, 1.807) is 20.3 Å². The predicted molar refractivity (Wildman–Crippen MR) is 80.7 cm³/mol. The smallest absolute Gasteiger partial charge is 0.147 e. The number of rotatable bonds is 4. The minimum Gasteiger partial charge on any atom is -0.495 e. The molecule has 1 aliphatic carbocycles. The van der Waals surface area contributed by atoms with Gasteiger partial charge in [0.25, 0.3) is 0 Å². The van der Waals surface area contributed by atoms with Crippen molar-refractivity contribution in [2.24, 2.45) is 5.92 Å². The summed E-state index contributed by atoms with van der Waals surface area (Å²) in [5.41, 5.74) is 0.769. The van der Waals surface area contributed by atoms with Crippen LogP contribution in [0.2, 0.25) is 5.02 Å². The predicted octanol–water partition coefficient (Wildman–Crippen LogP) is 4.36. The third-order valence-electron chi connectivity index (χ3n) is 4.18. The van der Waals surface area contributed by atoms with E-state index in [0.717, 1.165) is 18.4 Å². The van der Waals surface area contributed by atoms with E-state index in [-0.39, 0.29) is 5.92 Å². The molecule has 3 nitrogen and oxygen atoms in total. The maximum absolute atomic E-state index is 10.7. The second-order valence-electron chi connectivity index (χ2n) is 5.40. The Kier molecular flexibility index (Phi) is 5.55. The number of benzene rings is 1. The molecule has 1 aliphatic rings. The molecular formula is C16H23ClO3. The van der Waals surface area contributed by atoms with Gasteiger partial charge in [-0.3, -0.25) is 0 Å². The molecule has 0 aromatic heterocycles. The number of aliphatic hydroxyl groups excluding tert-OH is 1. The summed E-state index contributed by atoms with van der Waals surface area (Å²) in [6.45, 7) is 0. The number of ether oxygens (including phenoxy) is 2. The van der Waals surface area contributed by atoms with Crippen molar-refractivity contribution in [3.8, 4) is 11.5 Å². The molecule has 0 saturated heterocycles. The summed E-state index contributed by atoms with van der Waals surface area (Å²) in [7, 11) is 3.14. The van der Waals surface area contributed by atoms with Gasteiger partial charge in [0.1, 0.15) is 16.5 Å². The molecule has 1 unspecified atom stereocenters. The van der Waals surface area contributed by atoms with Crippen LogP contribution in [0.5, 0.6) is 11.5 Å². The lowest BCUT2D eigenvalue weighted by Gasteiger charge is -2.24.